The molecule has 1 heterocycles. The van der Waals surface area contributed by atoms with Crippen molar-refractivity contribution < 1.29 is 15.0 Å². The lowest BCUT2D eigenvalue weighted by molar-refractivity contribution is -0.143. The van der Waals surface area contributed by atoms with Gasteiger partial charge >= 0.3 is 5.97 Å². The number of carboxylic acid groups (broad SMARTS) is 1. The molecule has 1 aromatic carbocycles. The van der Waals surface area contributed by atoms with E-state index < -0.39 is 18.1 Å². The topological polar surface area (TPSA) is 60.8 Å². The summed E-state index contributed by atoms with van der Waals surface area (Å²) in [5.74, 6) is -0.790. The monoisotopic (exact) mass is 277 g/mol. The highest BCUT2D eigenvalue weighted by molar-refractivity contribution is 5.73. The van der Waals surface area contributed by atoms with Gasteiger partial charge in [0.05, 0.1) is 6.10 Å². The molecule has 2 rings (SSSR count). The molecule has 0 radical (unpaired) electrons. The molecule has 0 spiro atoms. The summed E-state index contributed by atoms with van der Waals surface area (Å²) in [5.41, 5.74) is 3.19. The quantitative estimate of drug-likeness (QED) is 0.886. The number of hydrogen-bond donors (Lipinski definition) is 2. The van der Waals surface area contributed by atoms with Gasteiger partial charge in [0.1, 0.15) is 6.04 Å². The van der Waals surface area contributed by atoms with Gasteiger partial charge in [-0.2, -0.15) is 0 Å². The zero-order valence-corrected chi connectivity index (χ0v) is 12.3. The predicted octanol–water partition coefficient (Wildman–Crippen LogP) is 2.27. The predicted molar refractivity (Wildman–Crippen MR) is 77.7 cm³/mol. The van der Waals surface area contributed by atoms with Crippen LogP contribution in [0.3, 0.4) is 0 Å². The SMILES string of the molecule is Cc1ccc(C(O)C(C)N2CCCC2C(=O)O)cc1C. The first-order valence-corrected chi connectivity index (χ1v) is 7.15. The minimum Gasteiger partial charge on any atom is -0.480 e. The van der Waals surface area contributed by atoms with Crippen LogP contribution in [0, 0.1) is 13.8 Å². The van der Waals surface area contributed by atoms with E-state index in [4.69, 9.17) is 0 Å². The summed E-state index contributed by atoms with van der Waals surface area (Å²) in [6.07, 6.45) is 0.884. The Morgan fingerprint density at radius 1 is 1.35 bits per heavy atom. The number of aryl methyl sites for hydroxylation is 2. The molecule has 0 amide bonds. The van der Waals surface area contributed by atoms with Gasteiger partial charge in [0.25, 0.3) is 0 Å². The Morgan fingerprint density at radius 2 is 2.05 bits per heavy atom. The maximum Gasteiger partial charge on any atom is 0.320 e. The van der Waals surface area contributed by atoms with E-state index in [9.17, 15) is 15.0 Å². The molecule has 1 aromatic rings. The van der Waals surface area contributed by atoms with Crippen LogP contribution < -0.4 is 0 Å². The van der Waals surface area contributed by atoms with E-state index in [0.29, 0.717) is 6.42 Å². The van der Waals surface area contributed by atoms with Gasteiger partial charge in [0.15, 0.2) is 0 Å². The van der Waals surface area contributed by atoms with Crippen LogP contribution >= 0.6 is 0 Å². The fraction of sp³-hybridized carbons (Fsp3) is 0.562. The van der Waals surface area contributed by atoms with Crippen molar-refractivity contribution in [2.45, 2.75) is 51.8 Å². The molecule has 110 valence electrons. The van der Waals surface area contributed by atoms with Gasteiger partial charge in [-0.1, -0.05) is 18.2 Å². The summed E-state index contributed by atoms with van der Waals surface area (Å²) in [4.78, 5) is 13.2. The van der Waals surface area contributed by atoms with Gasteiger partial charge in [-0.15, -0.1) is 0 Å². The lowest BCUT2D eigenvalue weighted by Gasteiger charge is -2.32. The molecule has 2 N–H and O–H groups in total. The molecule has 1 aliphatic rings. The van der Waals surface area contributed by atoms with E-state index in [1.54, 1.807) is 0 Å². The number of carboxylic acids is 1. The molecule has 0 aromatic heterocycles. The summed E-state index contributed by atoms with van der Waals surface area (Å²) >= 11 is 0. The van der Waals surface area contributed by atoms with E-state index in [-0.39, 0.29) is 6.04 Å². The zero-order chi connectivity index (χ0) is 14.9. The van der Waals surface area contributed by atoms with Gasteiger partial charge in [0, 0.05) is 6.04 Å². The van der Waals surface area contributed by atoms with Crippen LogP contribution in [0.4, 0.5) is 0 Å². The van der Waals surface area contributed by atoms with Gasteiger partial charge in [-0.3, -0.25) is 9.69 Å². The van der Waals surface area contributed by atoms with E-state index in [2.05, 4.69) is 0 Å². The Balaban J connectivity index is 2.17. The van der Waals surface area contributed by atoms with Crippen molar-refractivity contribution >= 4 is 5.97 Å². The molecule has 1 fully saturated rings. The lowest BCUT2D eigenvalue weighted by Crippen LogP contribution is -2.44. The number of hydrogen-bond acceptors (Lipinski definition) is 3. The molecule has 0 aliphatic carbocycles. The number of aliphatic carboxylic acids is 1. The largest absolute Gasteiger partial charge is 0.480 e. The minimum atomic E-state index is -0.790. The normalized spacial score (nSPS) is 22.7. The Labute approximate surface area is 120 Å². The average molecular weight is 277 g/mol. The third-order valence-corrected chi connectivity index (χ3v) is 4.43. The van der Waals surface area contributed by atoms with Crippen molar-refractivity contribution in [3.8, 4) is 0 Å². The zero-order valence-electron chi connectivity index (χ0n) is 12.3. The van der Waals surface area contributed by atoms with Crippen molar-refractivity contribution in [2.24, 2.45) is 0 Å². The summed E-state index contributed by atoms with van der Waals surface area (Å²) in [6, 6.07) is 5.25. The second-order valence-electron chi connectivity index (χ2n) is 5.76. The van der Waals surface area contributed by atoms with Crippen LogP contribution in [0.15, 0.2) is 18.2 Å². The first-order chi connectivity index (χ1) is 9.41. The van der Waals surface area contributed by atoms with E-state index >= 15 is 0 Å². The third kappa shape index (κ3) is 2.86. The van der Waals surface area contributed by atoms with Crippen molar-refractivity contribution in [1.82, 2.24) is 4.90 Å². The van der Waals surface area contributed by atoms with Crippen LogP contribution in [0.2, 0.25) is 0 Å². The fourth-order valence-corrected chi connectivity index (χ4v) is 2.95. The summed E-state index contributed by atoms with van der Waals surface area (Å²) < 4.78 is 0. The van der Waals surface area contributed by atoms with Crippen molar-refractivity contribution in [1.29, 1.82) is 0 Å². The molecule has 0 bridgehead atoms. The molecule has 3 atom stereocenters. The van der Waals surface area contributed by atoms with Gasteiger partial charge in [0.2, 0.25) is 0 Å². The Hall–Kier alpha value is -1.39. The van der Waals surface area contributed by atoms with Crippen molar-refractivity contribution in [3.63, 3.8) is 0 Å². The van der Waals surface area contributed by atoms with Crippen LogP contribution in [0.5, 0.6) is 0 Å². The molecule has 4 nitrogen and oxygen atoms in total. The first kappa shape index (κ1) is 15.0. The summed E-state index contributed by atoms with van der Waals surface area (Å²) in [6.45, 7) is 6.70. The molecular weight excluding hydrogens is 254 g/mol. The molecule has 0 saturated carbocycles. The van der Waals surface area contributed by atoms with Gasteiger partial charge in [-0.25, -0.2) is 0 Å². The van der Waals surface area contributed by atoms with Crippen LogP contribution in [0.25, 0.3) is 0 Å². The fourth-order valence-electron chi connectivity index (χ4n) is 2.95. The van der Waals surface area contributed by atoms with Gasteiger partial charge < -0.3 is 10.2 Å². The Morgan fingerprint density at radius 3 is 2.65 bits per heavy atom. The van der Waals surface area contributed by atoms with Crippen molar-refractivity contribution in [3.05, 3.63) is 34.9 Å². The standard InChI is InChI=1S/C16H23NO3/c1-10-6-7-13(9-11(10)2)15(18)12(3)17-8-4-5-14(17)16(19)20/h6-7,9,12,14-15,18H,4-5,8H2,1-3H3,(H,19,20). The smallest absolute Gasteiger partial charge is 0.320 e. The van der Waals surface area contributed by atoms with E-state index in [1.165, 1.54) is 5.56 Å². The summed E-state index contributed by atoms with van der Waals surface area (Å²) in [7, 11) is 0. The molecule has 1 saturated heterocycles. The molecule has 20 heavy (non-hydrogen) atoms. The number of aliphatic hydroxyl groups is 1. The van der Waals surface area contributed by atoms with Crippen molar-refractivity contribution in [2.75, 3.05) is 6.54 Å². The van der Waals surface area contributed by atoms with Crippen LogP contribution in [-0.4, -0.2) is 39.7 Å². The second-order valence-corrected chi connectivity index (χ2v) is 5.76. The van der Waals surface area contributed by atoms with E-state index in [1.807, 2.05) is 43.9 Å². The number of aliphatic hydroxyl groups excluding tert-OH is 1. The highest BCUT2D eigenvalue weighted by Crippen LogP contribution is 2.28. The average Bonchev–Trinajstić information content (AvgIpc) is 2.89. The molecule has 1 aliphatic heterocycles. The maximum absolute atomic E-state index is 11.3. The number of benzene rings is 1. The van der Waals surface area contributed by atoms with Crippen LogP contribution in [-0.2, 0) is 4.79 Å². The molecule has 4 heteroatoms. The Kier molecular flexibility index (Phi) is 4.45. The number of nitrogens with zero attached hydrogens (tertiary/aromatic N) is 1. The number of rotatable bonds is 4. The lowest BCUT2D eigenvalue weighted by atomic mass is 9.98. The third-order valence-electron chi connectivity index (χ3n) is 4.43. The first-order valence-electron chi connectivity index (χ1n) is 7.15. The maximum atomic E-state index is 11.3. The number of carbonyl (C=O) groups is 1. The Bertz CT molecular complexity index is 500. The molecular formula is C16H23NO3. The van der Waals surface area contributed by atoms with Crippen LogP contribution in [0.1, 0.15) is 42.6 Å². The summed E-state index contributed by atoms with van der Waals surface area (Å²) in [5, 5.41) is 19.8. The van der Waals surface area contributed by atoms with E-state index in [0.717, 1.165) is 24.1 Å². The van der Waals surface area contributed by atoms with Gasteiger partial charge in [-0.05, 0) is 56.8 Å². The minimum absolute atomic E-state index is 0.194. The number of likely N-dealkylation sites (tertiary alicyclic amines) is 1. The highest BCUT2D eigenvalue weighted by Gasteiger charge is 2.36. The second kappa shape index (κ2) is 5.94. The highest BCUT2D eigenvalue weighted by atomic mass is 16.4. The molecule has 3 unspecified atom stereocenters.